The summed E-state index contributed by atoms with van der Waals surface area (Å²) >= 11 is 0. The standard InChI is InChI=1S/C6H11.C3H6O/c1-2-4-6-5-3-1;1-3(2)4/h1H,2-6H2;1-2H3. The Kier molecular flexibility index (Phi) is 6.56. The molecule has 1 saturated carbocycles. The zero-order chi connectivity index (χ0) is 7.82. The molecule has 1 nitrogen and oxygen atoms in total. The second-order valence-electron chi connectivity index (χ2n) is 2.83. The van der Waals surface area contributed by atoms with Crippen LogP contribution in [0.2, 0.25) is 0 Å². The van der Waals surface area contributed by atoms with E-state index in [1.807, 2.05) is 0 Å². The van der Waals surface area contributed by atoms with Gasteiger partial charge in [0.05, 0.1) is 0 Å². The molecule has 1 heteroatoms. The SMILES string of the molecule is CC(C)=O.[CH]1CCCCC1. The van der Waals surface area contributed by atoms with Crippen LogP contribution in [0, 0.1) is 6.42 Å². The Labute approximate surface area is 63.8 Å². The van der Waals surface area contributed by atoms with Gasteiger partial charge in [-0.25, -0.2) is 0 Å². The molecule has 0 N–H and O–H groups in total. The topological polar surface area (TPSA) is 17.1 Å². The second kappa shape index (κ2) is 6.79. The summed E-state index contributed by atoms with van der Waals surface area (Å²) in [5, 5.41) is 0. The van der Waals surface area contributed by atoms with Crippen molar-refractivity contribution in [2.75, 3.05) is 0 Å². The molecule has 0 aromatic rings. The minimum absolute atomic E-state index is 0.167. The van der Waals surface area contributed by atoms with E-state index < -0.39 is 0 Å². The van der Waals surface area contributed by atoms with Gasteiger partial charge in [-0.2, -0.15) is 0 Å². The number of ketones is 1. The van der Waals surface area contributed by atoms with E-state index in [0.717, 1.165) is 0 Å². The quantitative estimate of drug-likeness (QED) is 0.507. The predicted molar refractivity (Wildman–Crippen MR) is 43.7 cm³/mol. The van der Waals surface area contributed by atoms with Crippen LogP contribution in [-0.2, 0) is 4.79 Å². The van der Waals surface area contributed by atoms with Crippen molar-refractivity contribution in [3.05, 3.63) is 6.42 Å². The monoisotopic (exact) mass is 141 g/mol. The maximum absolute atomic E-state index is 9.44. The van der Waals surface area contributed by atoms with E-state index in [2.05, 4.69) is 6.42 Å². The minimum Gasteiger partial charge on any atom is -0.300 e. The molecule has 0 bridgehead atoms. The molecule has 0 amide bonds. The highest BCUT2D eigenvalue weighted by Gasteiger charge is 1.95. The van der Waals surface area contributed by atoms with Crippen LogP contribution < -0.4 is 0 Å². The van der Waals surface area contributed by atoms with Crippen LogP contribution in [0.4, 0.5) is 0 Å². The van der Waals surface area contributed by atoms with Crippen molar-refractivity contribution in [2.45, 2.75) is 46.0 Å². The van der Waals surface area contributed by atoms with Crippen LogP contribution in [0.15, 0.2) is 0 Å². The van der Waals surface area contributed by atoms with E-state index in [0.29, 0.717) is 0 Å². The van der Waals surface area contributed by atoms with E-state index in [4.69, 9.17) is 0 Å². The molecular formula is C9H17O. The molecule has 0 aliphatic heterocycles. The van der Waals surface area contributed by atoms with Gasteiger partial charge < -0.3 is 4.79 Å². The lowest BCUT2D eigenvalue weighted by Gasteiger charge is -2.05. The first-order valence-electron chi connectivity index (χ1n) is 4.02. The summed E-state index contributed by atoms with van der Waals surface area (Å²) < 4.78 is 0. The smallest absolute Gasteiger partial charge is 0.126 e. The van der Waals surface area contributed by atoms with Gasteiger partial charge in [0.2, 0.25) is 0 Å². The first-order chi connectivity index (χ1) is 4.73. The zero-order valence-corrected chi connectivity index (χ0v) is 7.02. The summed E-state index contributed by atoms with van der Waals surface area (Å²) in [7, 11) is 0. The largest absolute Gasteiger partial charge is 0.300 e. The summed E-state index contributed by atoms with van der Waals surface area (Å²) in [5.74, 6) is 0.167. The maximum Gasteiger partial charge on any atom is 0.126 e. The first-order valence-corrected chi connectivity index (χ1v) is 4.02. The minimum atomic E-state index is 0.167. The Morgan fingerprint density at radius 2 is 1.50 bits per heavy atom. The molecule has 1 fully saturated rings. The molecular weight excluding hydrogens is 124 g/mol. The van der Waals surface area contributed by atoms with Gasteiger partial charge in [0, 0.05) is 0 Å². The number of carbonyl (C=O) groups is 1. The second-order valence-corrected chi connectivity index (χ2v) is 2.83. The molecule has 59 valence electrons. The van der Waals surface area contributed by atoms with Crippen molar-refractivity contribution in [1.29, 1.82) is 0 Å². The number of carbonyl (C=O) groups excluding carboxylic acids is 1. The van der Waals surface area contributed by atoms with Crippen LogP contribution in [0.5, 0.6) is 0 Å². The third-order valence-electron chi connectivity index (χ3n) is 1.32. The molecule has 1 aliphatic carbocycles. The summed E-state index contributed by atoms with van der Waals surface area (Å²) in [6.07, 6.45) is 9.50. The van der Waals surface area contributed by atoms with E-state index >= 15 is 0 Å². The highest BCUT2D eigenvalue weighted by Crippen LogP contribution is 2.14. The van der Waals surface area contributed by atoms with Crippen LogP contribution in [0.25, 0.3) is 0 Å². The number of Topliss-reactive ketones (excluding diaryl/α,β-unsaturated/α-hetero) is 1. The zero-order valence-electron chi connectivity index (χ0n) is 7.02. The molecule has 0 aromatic carbocycles. The summed E-state index contributed by atoms with van der Waals surface area (Å²) in [6.45, 7) is 3.06. The third kappa shape index (κ3) is 10.6. The highest BCUT2D eigenvalue weighted by atomic mass is 16.1. The molecule has 0 spiro atoms. The number of rotatable bonds is 0. The van der Waals surface area contributed by atoms with Gasteiger partial charge in [0.25, 0.3) is 0 Å². The van der Waals surface area contributed by atoms with Gasteiger partial charge in [0.1, 0.15) is 5.78 Å². The molecule has 10 heavy (non-hydrogen) atoms. The summed E-state index contributed by atoms with van der Waals surface area (Å²) in [5.41, 5.74) is 0. The Bertz CT molecular complexity index is 67.2. The maximum atomic E-state index is 9.44. The summed E-state index contributed by atoms with van der Waals surface area (Å²) in [6, 6.07) is 0. The molecule has 0 saturated heterocycles. The van der Waals surface area contributed by atoms with Gasteiger partial charge >= 0.3 is 0 Å². The van der Waals surface area contributed by atoms with Crippen LogP contribution >= 0.6 is 0 Å². The van der Waals surface area contributed by atoms with Crippen LogP contribution in [0.3, 0.4) is 0 Å². The van der Waals surface area contributed by atoms with Crippen LogP contribution in [0.1, 0.15) is 46.0 Å². The van der Waals surface area contributed by atoms with Crippen molar-refractivity contribution in [1.82, 2.24) is 0 Å². The fourth-order valence-electron chi connectivity index (χ4n) is 0.898. The Hall–Kier alpha value is -0.330. The van der Waals surface area contributed by atoms with Crippen molar-refractivity contribution in [3.63, 3.8) is 0 Å². The van der Waals surface area contributed by atoms with Crippen LogP contribution in [-0.4, -0.2) is 5.78 Å². The average Bonchev–Trinajstić information content (AvgIpc) is 1.90. The predicted octanol–water partition coefficient (Wildman–Crippen LogP) is 2.75. The first kappa shape index (κ1) is 9.67. The van der Waals surface area contributed by atoms with Crippen molar-refractivity contribution in [3.8, 4) is 0 Å². The van der Waals surface area contributed by atoms with Gasteiger partial charge in [-0.1, -0.05) is 32.1 Å². The molecule has 1 aliphatic rings. The number of hydrogen-bond donors (Lipinski definition) is 0. The van der Waals surface area contributed by atoms with Crippen molar-refractivity contribution in [2.24, 2.45) is 0 Å². The summed E-state index contributed by atoms with van der Waals surface area (Å²) in [4.78, 5) is 9.44. The lowest BCUT2D eigenvalue weighted by molar-refractivity contribution is -0.114. The molecule has 0 heterocycles. The molecule has 0 aromatic heterocycles. The molecule has 1 rings (SSSR count). The van der Waals surface area contributed by atoms with E-state index in [-0.39, 0.29) is 5.78 Å². The highest BCUT2D eigenvalue weighted by molar-refractivity contribution is 5.72. The Balaban J connectivity index is 0.000000180. The molecule has 1 radical (unpaired) electrons. The molecule has 0 atom stereocenters. The van der Waals surface area contributed by atoms with Crippen molar-refractivity contribution < 1.29 is 4.79 Å². The molecule has 0 unspecified atom stereocenters. The Morgan fingerprint density at radius 1 is 1.10 bits per heavy atom. The lowest BCUT2D eigenvalue weighted by atomic mass is 10.0. The normalized spacial score (nSPS) is 17.0. The van der Waals surface area contributed by atoms with E-state index in [1.165, 1.54) is 46.0 Å². The van der Waals surface area contributed by atoms with Gasteiger partial charge in [-0.05, 0) is 20.3 Å². The van der Waals surface area contributed by atoms with Gasteiger partial charge in [-0.3, -0.25) is 0 Å². The fourth-order valence-corrected chi connectivity index (χ4v) is 0.898. The Morgan fingerprint density at radius 3 is 1.60 bits per heavy atom. The van der Waals surface area contributed by atoms with E-state index in [1.54, 1.807) is 0 Å². The third-order valence-corrected chi connectivity index (χ3v) is 1.32. The average molecular weight is 141 g/mol. The van der Waals surface area contributed by atoms with E-state index in [9.17, 15) is 4.79 Å². The fraction of sp³-hybridized carbons (Fsp3) is 0.778. The lowest BCUT2D eigenvalue weighted by Crippen LogP contribution is -1.87. The number of hydrogen-bond acceptors (Lipinski definition) is 1. The van der Waals surface area contributed by atoms with Crippen molar-refractivity contribution >= 4 is 5.78 Å². The van der Waals surface area contributed by atoms with Gasteiger partial charge in [0.15, 0.2) is 0 Å². The van der Waals surface area contributed by atoms with Gasteiger partial charge in [-0.15, -0.1) is 0 Å².